The number of carbonyl (C=O) groups is 1. The highest BCUT2D eigenvalue weighted by atomic mass is 35.5. The monoisotopic (exact) mass is 492 g/mol. The van der Waals surface area contributed by atoms with Crippen LogP contribution >= 0.6 is 23.2 Å². The van der Waals surface area contributed by atoms with Gasteiger partial charge in [-0.15, -0.1) is 0 Å². The van der Waals surface area contributed by atoms with Crippen molar-refractivity contribution < 1.29 is 18.0 Å². The van der Waals surface area contributed by atoms with E-state index in [1.807, 2.05) is 6.92 Å². The average Bonchev–Trinajstić information content (AvgIpc) is 2.79. The second-order valence-electron chi connectivity index (χ2n) is 7.21. The maximum absolute atomic E-state index is 13.5. The molecule has 0 bridgehead atoms. The Morgan fingerprint density at radius 2 is 1.45 bits per heavy atom. The normalized spacial score (nSPS) is 12.2. The molecule has 0 aliphatic heterocycles. The van der Waals surface area contributed by atoms with Crippen molar-refractivity contribution in [1.29, 1.82) is 0 Å². The molecule has 0 atom stereocenters. The molecule has 0 fully saturated rings. The molecule has 3 aromatic rings. The van der Waals surface area contributed by atoms with Gasteiger partial charge in [-0.3, -0.25) is 9.69 Å². The molecular weight excluding hydrogens is 472 g/mol. The van der Waals surface area contributed by atoms with Gasteiger partial charge in [0, 0.05) is 39.7 Å². The first-order chi connectivity index (χ1) is 15.7. The Balaban J connectivity index is 2.27. The Labute approximate surface area is 200 Å². The number of halogens is 5. The van der Waals surface area contributed by atoms with Gasteiger partial charge < -0.3 is 4.90 Å². The van der Waals surface area contributed by atoms with Crippen molar-refractivity contribution >= 4 is 46.7 Å². The second-order valence-corrected chi connectivity index (χ2v) is 8.09. The zero-order valence-electron chi connectivity index (χ0n) is 17.9. The molecule has 0 aromatic heterocycles. The number of amides is 1. The first kappa shape index (κ1) is 24.7. The molecule has 0 heterocycles. The number of carbonyl (C=O) groups excluding carboxylic acids is 1. The summed E-state index contributed by atoms with van der Waals surface area (Å²) in [5, 5.41) is 1.03. The maximum atomic E-state index is 13.5. The van der Waals surface area contributed by atoms with Crippen LogP contribution < -0.4 is 9.80 Å². The summed E-state index contributed by atoms with van der Waals surface area (Å²) in [4.78, 5) is 15.4. The van der Waals surface area contributed by atoms with Crippen LogP contribution in [0.4, 0.5) is 24.5 Å². The minimum absolute atomic E-state index is 0.319. The van der Waals surface area contributed by atoms with E-state index in [2.05, 4.69) is 0 Å². The molecule has 3 nitrogen and oxygen atoms in total. The number of allylic oxidation sites excluding steroid dienone is 1. The van der Waals surface area contributed by atoms with Crippen LogP contribution in [-0.2, 0) is 11.0 Å². The number of hydrogen-bond donors (Lipinski definition) is 0. The van der Waals surface area contributed by atoms with Crippen LogP contribution in [0.3, 0.4) is 0 Å². The van der Waals surface area contributed by atoms with Gasteiger partial charge in [0.2, 0.25) is 6.41 Å². The summed E-state index contributed by atoms with van der Waals surface area (Å²) in [6.45, 7) is 1.84. The SMILES string of the molecule is CC/C(=C(\c1cccc(C(F)(F)F)c1)N(C)c1ccc(Cl)cc1)N(C=O)c1ccc(Cl)cc1. The predicted molar refractivity (Wildman–Crippen MR) is 129 cm³/mol. The van der Waals surface area contributed by atoms with Crippen LogP contribution in [0.5, 0.6) is 0 Å². The van der Waals surface area contributed by atoms with Gasteiger partial charge in [-0.1, -0.05) is 42.3 Å². The lowest BCUT2D eigenvalue weighted by Gasteiger charge is -2.31. The third-order valence-electron chi connectivity index (χ3n) is 5.12. The van der Waals surface area contributed by atoms with Gasteiger partial charge in [-0.2, -0.15) is 13.2 Å². The van der Waals surface area contributed by atoms with Crippen LogP contribution in [-0.4, -0.2) is 13.5 Å². The molecular formula is C25H21Cl2F3N2O. The van der Waals surface area contributed by atoms with E-state index >= 15 is 0 Å². The molecule has 0 saturated carbocycles. The average molecular weight is 493 g/mol. The summed E-state index contributed by atoms with van der Waals surface area (Å²) in [5.41, 5.74) is 1.75. The zero-order chi connectivity index (χ0) is 24.2. The summed E-state index contributed by atoms with van der Waals surface area (Å²) in [5.74, 6) is 0. The van der Waals surface area contributed by atoms with Crippen molar-refractivity contribution in [3.05, 3.63) is 99.7 Å². The van der Waals surface area contributed by atoms with E-state index in [1.54, 1.807) is 66.5 Å². The Morgan fingerprint density at radius 1 is 0.909 bits per heavy atom. The van der Waals surface area contributed by atoms with Crippen LogP contribution in [0.15, 0.2) is 78.5 Å². The van der Waals surface area contributed by atoms with E-state index in [1.165, 1.54) is 11.0 Å². The molecule has 0 aliphatic carbocycles. The van der Waals surface area contributed by atoms with E-state index in [0.717, 1.165) is 12.1 Å². The van der Waals surface area contributed by atoms with Gasteiger partial charge in [0.15, 0.2) is 0 Å². The van der Waals surface area contributed by atoms with Crippen molar-refractivity contribution in [2.24, 2.45) is 0 Å². The van der Waals surface area contributed by atoms with Crippen LogP contribution in [0.1, 0.15) is 24.5 Å². The maximum Gasteiger partial charge on any atom is 0.416 e. The molecule has 0 unspecified atom stereocenters. The Morgan fingerprint density at radius 3 is 1.94 bits per heavy atom. The minimum atomic E-state index is -4.51. The molecule has 0 saturated heterocycles. The number of hydrogen-bond acceptors (Lipinski definition) is 2. The fourth-order valence-electron chi connectivity index (χ4n) is 3.52. The van der Waals surface area contributed by atoms with E-state index in [4.69, 9.17) is 23.2 Å². The topological polar surface area (TPSA) is 23.6 Å². The smallest absolute Gasteiger partial charge is 0.343 e. The fraction of sp³-hybridized carbons (Fsp3) is 0.160. The first-order valence-electron chi connectivity index (χ1n) is 10.1. The highest BCUT2D eigenvalue weighted by Crippen LogP contribution is 2.36. The van der Waals surface area contributed by atoms with E-state index in [-0.39, 0.29) is 0 Å². The van der Waals surface area contributed by atoms with Crippen molar-refractivity contribution in [1.82, 2.24) is 0 Å². The predicted octanol–water partition coefficient (Wildman–Crippen LogP) is 7.89. The third kappa shape index (κ3) is 5.70. The van der Waals surface area contributed by atoms with Gasteiger partial charge in [0.1, 0.15) is 0 Å². The van der Waals surface area contributed by atoms with Gasteiger partial charge in [-0.05, 0) is 67.1 Å². The number of anilines is 2. The molecule has 3 aromatic carbocycles. The lowest BCUT2D eigenvalue weighted by Crippen LogP contribution is -2.27. The molecule has 8 heteroatoms. The van der Waals surface area contributed by atoms with E-state index in [9.17, 15) is 18.0 Å². The third-order valence-corrected chi connectivity index (χ3v) is 5.63. The Hall–Kier alpha value is -2.96. The minimum Gasteiger partial charge on any atom is -0.343 e. The zero-order valence-corrected chi connectivity index (χ0v) is 19.4. The largest absolute Gasteiger partial charge is 0.416 e. The lowest BCUT2D eigenvalue weighted by molar-refractivity contribution is -0.137. The summed E-state index contributed by atoms with van der Waals surface area (Å²) < 4.78 is 40.5. The summed E-state index contributed by atoms with van der Waals surface area (Å²) >= 11 is 12.0. The Bertz CT molecular complexity index is 1140. The van der Waals surface area contributed by atoms with Gasteiger partial charge in [0.25, 0.3) is 0 Å². The summed E-state index contributed by atoms with van der Waals surface area (Å²) in [7, 11) is 1.74. The highest BCUT2D eigenvalue weighted by molar-refractivity contribution is 6.31. The number of benzene rings is 3. The van der Waals surface area contributed by atoms with Crippen molar-refractivity contribution in [3.8, 4) is 0 Å². The second kappa shape index (κ2) is 10.3. The first-order valence-corrected chi connectivity index (χ1v) is 10.8. The van der Waals surface area contributed by atoms with Crippen molar-refractivity contribution in [3.63, 3.8) is 0 Å². The molecule has 0 spiro atoms. The molecule has 172 valence electrons. The molecule has 0 N–H and O–H groups in total. The number of rotatable bonds is 7. The fourth-order valence-corrected chi connectivity index (χ4v) is 3.78. The van der Waals surface area contributed by atoms with Gasteiger partial charge >= 0.3 is 6.18 Å². The molecule has 3 rings (SSSR count). The number of alkyl halides is 3. The van der Waals surface area contributed by atoms with Crippen molar-refractivity contribution in [2.75, 3.05) is 16.8 Å². The van der Waals surface area contributed by atoms with Crippen LogP contribution in [0.2, 0.25) is 10.0 Å². The summed E-state index contributed by atoms with van der Waals surface area (Å²) in [6.07, 6.45) is -3.50. The van der Waals surface area contributed by atoms with Crippen molar-refractivity contribution in [2.45, 2.75) is 19.5 Å². The molecule has 1 amide bonds. The molecule has 0 aliphatic rings. The molecule has 0 radical (unpaired) electrons. The lowest BCUT2D eigenvalue weighted by atomic mass is 10.0. The van der Waals surface area contributed by atoms with Crippen LogP contribution in [0, 0.1) is 0 Å². The molecule has 33 heavy (non-hydrogen) atoms. The van der Waals surface area contributed by atoms with Gasteiger partial charge in [-0.25, -0.2) is 0 Å². The van der Waals surface area contributed by atoms with Crippen LogP contribution in [0.25, 0.3) is 5.70 Å². The van der Waals surface area contributed by atoms with Gasteiger partial charge in [0.05, 0.1) is 11.3 Å². The summed E-state index contributed by atoms with van der Waals surface area (Å²) in [6, 6.07) is 18.6. The highest BCUT2D eigenvalue weighted by Gasteiger charge is 2.31. The standard InChI is InChI=1S/C25H21Cl2F3N2O/c1-3-23(32(16-33)22-13-9-20(27)10-14-22)24(31(2)21-11-7-19(26)8-12-21)17-5-4-6-18(15-17)25(28,29)30/h4-16H,3H2,1-2H3/b24-23-. The number of nitrogens with zero attached hydrogens (tertiary/aromatic N) is 2. The van der Waals surface area contributed by atoms with E-state index in [0.29, 0.717) is 51.2 Å². The Kier molecular flexibility index (Phi) is 7.72. The quantitative estimate of drug-likeness (QED) is 0.313. The van der Waals surface area contributed by atoms with E-state index < -0.39 is 11.7 Å².